The Morgan fingerprint density at radius 3 is 2.67 bits per heavy atom. The second-order valence-electron chi connectivity index (χ2n) is 6.12. The van der Waals surface area contributed by atoms with E-state index in [0.29, 0.717) is 18.2 Å². The SMILES string of the molecule is CCS(=O)(=O)N1C[C@@H]2CN(c3nccnc3OC)C[C@]2(C(=O)O)C1. The van der Waals surface area contributed by atoms with Gasteiger partial charge in [0.05, 0.1) is 12.9 Å². The lowest BCUT2D eigenvalue weighted by molar-refractivity contribution is -0.148. The maximum Gasteiger partial charge on any atom is 0.313 e. The smallest absolute Gasteiger partial charge is 0.313 e. The summed E-state index contributed by atoms with van der Waals surface area (Å²) >= 11 is 0. The topological polar surface area (TPSA) is 113 Å². The molecule has 2 fully saturated rings. The van der Waals surface area contributed by atoms with Crippen LogP contribution in [0, 0.1) is 11.3 Å². The molecule has 132 valence electrons. The summed E-state index contributed by atoms with van der Waals surface area (Å²) in [5.74, 6) is -0.498. The number of carboxylic acid groups (broad SMARTS) is 1. The minimum Gasteiger partial charge on any atom is -0.481 e. The van der Waals surface area contributed by atoms with E-state index in [9.17, 15) is 18.3 Å². The Morgan fingerprint density at radius 1 is 1.38 bits per heavy atom. The highest BCUT2D eigenvalue weighted by atomic mass is 32.2. The van der Waals surface area contributed by atoms with Gasteiger partial charge in [0.25, 0.3) is 5.88 Å². The van der Waals surface area contributed by atoms with Crippen molar-refractivity contribution in [3.8, 4) is 5.88 Å². The van der Waals surface area contributed by atoms with Crippen molar-refractivity contribution in [2.24, 2.45) is 11.3 Å². The first kappa shape index (κ1) is 16.9. The predicted molar refractivity (Wildman–Crippen MR) is 85.4 cm³/mol. The molecule has 3 rings (SSSR count). The summed E-state index contributed by atoms with van der Waals surface area (Å²) < 4.78 is 30.8. The van der Waals surface area contributed by atoms with Crippen LogP contribution in [0.3, 0.4) is 0 Å². The van der Waals surface area contributed by atoms with Crippen LogP contribution < -0.4 is 9.64 Å². The Kier molecular flexibility index (Phi) is 4.12. The third-order valence-corrected chi connectivity index (χ3v) is 6.70. The van der Waals surface area contributed by atoms with Gasteiger partial charge in [0.1, 0.15) is 5.41 Å². The Balaban J connectivity index is 1.91. The van der Waals surface area contributed by atoms with Gasteiger partial charge in [-0.1, -0.05) is 0 Å². The van der Waals surface area contributed by atoms with Crippen molar-refractivity contribution in [2.45, 2.75) is 6.92 Å². The van der Waals surface area contributed by atoms with Gasteiger partial charge in [0.15, 0.2) is 5.82 Å². The van der Waals surface area contributed by atoms with Gasteiger partial charge < -0.3 is 14.7 Å². The zero-order valence-corrected chi connectivity index (χ0v) is 14.4. The molecule has 1 N–H and O–H groups in total. The molecule has 24 heavy (non-hydrogen) atoms. The van der Waals surface area contributed by atoms with Gasteiger partial charge in [-0.25, -0.2) is 22.7 Å². The number of carbonyl (C=O) groups is 1. The van der Waals surface area contributed by atoms with Crippen LogP contribution in [0.1, 0.15) is 6.92 Å². The number of anilines is 1. The lowest BCUT2D eigenvalue weighted by Crippen LogP contribution is -2.42. The Morgan fingerprint density at radius 2 is 2.08 bits per heavy atom. The molecule has 0 aromatic carbocycles. The number of aliphatic carboxylic acids is 1. The van der Waals surface area contributed by atoms with Gasteiger partial charge in [-0.2, -0.15) is 0 Å². The third-order valence-electron chi connectivity index (χ3n) is 4.90. The first-order chi connectivity index (χ1) is 11.3. The maximum absolute atomic E-state index is 12.1. The van der Waals surface area contributed by atoms with Crippen molar-refractivity contribution >= 4 is 21.8 Å². The molecule has 0 amide bonds. The first-order valence-electron chi connectivity index (χ1n) is 7.65. The third kappa shape index (κ3) is 2.49. The summed E-state index contributed by atoms with van der Waals surface area (Å²) in [6.07, 6.45) is 3.02. The molecule has 2 aliphatic rings. The second-order valence-corrected chi connectivity index (χ2v) is 8.38. The summed E-state index contributed by atoms with van der Waals surface area (Å²) in [5.41, 5.74) is -1.13. The fourth-order valence-electron chi connectivity index (χ4n) is 3.56. The highest BCUT2D eigenvalue weighted by Gasteiger charge is 2.60. The van der Waals surface area contributed by atoms with E-state index < -0.39 is 21.4 Å². The number of rotatable bonds is 5. The van der Waals surface area contributed by atoms with E-state index in [1.54, 1.807) is 6.92 Å². The van der Waals surface area contributed by atoms with Crippen LogP contribution in [-0.4, -0.2) is 72.8 Å². The van der Waals surface area contributed by atoms with Crippen molar-refractivity contribution in [2.75, 3.05) is 43.9 Å². The van der Waals surface area contributed by atoms with E-state index in [0.717, 1.165) is 0 Å². The average molecular weight is 356 g/mol. The molecule has 0 aliphatic carbocycles. The van der Waals surface area contributed by atoms with Crippen LogP contribution >= 0.6 is 0 Å². The fraction of sp³-hybridized carbons (Fsp3) is 0.643. The van der Waals surface area contributed by atoms with Gasteiger partial charge in [-0.05, 0) is 6.92 Å². The minimum atomic E-state index is -3.41. The molecule has 0 bridgehead atoms. The van der Waals surface area contributed by atoms with E-state index >= 15 is 0 Å². The number of sulfonamides is 1. The normalized spacial score (nSPS) is 27.2. The maximum atomic E-state index is 12.1. The van der Waals surface area contributed by atoms with Gasteiger partial charge >= 0.3 is 5.97 Å². The number of nitrogens with zero attached hydrogens (tertiary/aromatic N) is 4. The van der Waals surface area contributed by atoms with Crippen molar-refractivity contribution in [1.29, 1.82) is 0 Å². The van der Waals surface area contributed by atoms with Crippen molar-refractivity contribution in [1.82, 2.24) is 14.3 Å². The summed E-state index contributed by atoms with van der Waals surface area (Å²) in [7, 11) is -1.93. The Hall–Kier alpha value is -1.94. The largest absolute Gasteiger partial charge is 0.481 e. The molecular weight excluding hydrogens is 336 g/mol. The zero-order chi connectivity index (χ0) is 17.5. The molecule has 2 atom stereocenters. The average Bonchev–Trinajstić information content (AvgIpc) is 3.10. The Bertz CT molecular complexity index is 755. The molecule has 1 aromatic rings. The van der Waals surface area contributed by atoms with E-state index in [1.807, 2.05) is 4.90 Å². The second kappa shape index (κ2) is 5.85. The molecular formula is C14H20N4O5S. The van der Waals surface area contributed by atoms with Crippen molar-refractivity contribution in [3.05, 3.63) is 12.4 Å². The van der Waals surface area contributed by atoms with Gasteiger partial charge in [0, 0.05) is 44.5 Å². The van der Waals surface area contributed by atoms with Crippen molar-refractivity contribution < 1.29 is 23.1 Å². The molecule has 1 aromatic heterocycles. The van der Waals surface area contributed by atoms with Crippen LogP contribution in [0.5, 0.6) is 5.88 Å². The van der Waals surface area contributed by atoms with Gasteiger partial charge in [-0.15, -0.1) is 0 Å². The number of methoxy groups -OCH3 is 1. The number of fused-ring (bicyclic) bond motifs is 1. The van der Waals surface area contributed by atoms with E-state index in [1.165, 1.54) is 23.8 Å². The van der Waals surface area contributed by atoms with Crippen LogP contribution in [0.4, 0.5) is 5.82 Å². The van der Waals surface area contributed by atoms with Crippen molar-refractivity contribution in [3.63, 3.8) is 0 Å². The highest BCUT2D eigenvalue weighted by Crippen LogP contribution is 2.45. The standard InChI is InChI=1S/C14H20N4O5S/c1-3-24(21,22)18-7-10-6-17(8-14(10,9-18)13(19)20)11-12(23-2)16-5-4-15-11/h4-5,10H,3,6-9H2,1-2H3,(H,19,20)/t10-,14-/m0/s1. The van der Waals surface area contributed by atoms with Crippen LogP contribution in [0.25, 0.3) is 0 Å². The lowest BCUT2D eigenvalue weighted by Gasteiger charge is -2.25. The molecule has 0 spiro atoms. The Labute approximate surface area is 140 Å². The molecule has 10 heteroatoms. The molecule has 0 radical (unpaired) electrons. The number of aromatic nitrogens is 2. The summed E-state index contributed by atoms with van der Waals surface area (Å²) in [6.45, 7) is 2.34. The highest BCUT2D eigenvalue weighted by molar-refractivity contribution is 7.89. The number of carboxylic acids is 1. The van der Waals surface area contributed by atoms with E-state index in [-0.39, 0.29) is 31.3 Å². The molecule has 9 nitrogen and oxygen atoms in total. The zero-order valence-electron chi connectivity index (χ0n) is 13.5. The fourth-order valence-corrected chi connectivity index (χ4v) is 4.76. The number of hydrogen-bond acceptors (Lipinski definition) is 7. The number of hydrogen-bond donors (Lipinski definition) is 1. The summed E-state index contributed by atoms with van der Waals surface area (Å²) in [6, 6.07) is 0. The van der Waals surface area contributed by atoms with Crippen LogP contribution in [-0.2, 0) is 14.8 Å². The predicted octanol–water partition coefficient (Wildman–Crippen LogP) is -0.342. The monoisotopic (exact) mass is 356 g/mol. The molecule has 2 saturated heterocycles. The number of ether oxygens (including phenoxy) is 1. The van der Waals surface area contributed by atoms with E-state index in [2.05, 4.69) is 9.97 Å². The van der Waals surface area contributed by atoms with Crippen LogP contribution in [0.15, 0.2) is 12.4 Å². The summed E-state index contributed by atoms with van der Waals surface area (Å²) in [4.78, 5) is 22.1. The lowest BCUT2D eigenvalue weighted by atomic mass is 9.81. The first-order valence-corrected chi connectivity index (χ1v) is 9.26. The minimum absolute atomic E-state index is 0.0117. The molecule has 0 saturated carbocycles. The molecule has 3 heterocycles. The summed E-state index contributed by atoms with van der Waals surface area (Å²) in [5, 5.41) is 9.81. The van der Waals surface area contributed by atoms with Crippen LogP contribution in [0.2, 0.25) is 0 Å². The molecule has 0 unspecified atom stereocenters. The quantitative estimate of drug-likeness (QED) is 0.762. The van der Waals surface area contributed by atoms with E-state index in [4.69, 9.17) is 4.74 Å². The van der Waals surface area contributed by atoms with Gasteiger partial charge in [0.2, 0.25) is 10.0 Å². The molecule has 2 aliphatic heterocycles. The van der Waals surface area contributed by atoms with Gasteiger partial charge in [-0.3, -0.25) is 4.79 Å².